The fourth-order valence-corrected chi connectivity index (χ4v) is 1.26. The van der Waals surface area contributed by atoms with Crippen molar-refractivity contribution in [3.05, 3.63) is 35.2 Å². The van der Waals surface area contributed by atoms with Gasteiger partial charge in [0.2, 0.25) is 0 Å². The zero-order valence-electron chi connectivity index (χ0n) is 8.97. The van der Waals surface area contributed by atoms with Crippen molar-refractivity contribution in [1.82, 2.24) is 0 Å². The highest BCUT2D eigenvalue weighted by Gasteiger charge is 2.08. The van der Waals surface area contributed by atoms with E-state index >= 15 is 0 Å². The second kappa shape index (κ2) is 4.61. The van der Waals surface area contributed by atoms with Gasteiger partial charge in [-0.1, -0.05) is 0 Å². The van der Waals surface area contributed by atoms with Gasteiger partial charge in [0.1, 0.15) is 11.6 Å². The van der Waals surface area contributed by atoms with Crippen LogP contribution in [0.15, 0.2) is 23.8 Å². The molecule has 0 fully saturated rings. The molecule has 0 N–H and O–H groups in total. The Labute approximate surface area is 88.6 Å². The highest BCUT2D eigenvalue weighted by molar-refractivity contribution is 5.73. The molecule has 0 unspecified atom stereocenters. The normalized spacial score (nSPS) is 11.7. The van der Waals surface area contributed by atoms with Crippen LogP contribution in [-0.4, -0.2) is 7.11 Å². The first-order valence-electron chi connectivity index (χ1n) is 4.51. The molecule has 0 aliphatic heterocycles. The van der Waals surface area contributed by atoms with E-state index in [1.54, 1.807) is 13.0 Å². The fourth-order valence-electron chi connectivity index (χ4n) is 1.26. The summed E-state index contributed by atoms with van der Waals surface area (Å²) in [5.41, 5.74) is 2.15. The third kappa shape index (κ3) is 2.35. The predicted molar refractivity (Wildman–Crippen MR) is 56.8 cm³/mol. The standard InChI is InChI=1S/C12H12FNO/c1-8(7-14)9(2)11-5-4-10(13)6-12(11)15-3/h4-6H,1-3H3/b9-8+. The number of benzene rings is 1. The third-order valence-corrected chi connectivity index (χ3v) is 2.30. The molecule has 78 valence electrons. The average Bonchev–Trinajstić information content (AvgIpc) is 2.26. The van der Waals surface area contributed by atoms with E-state index in [9.17, 15) is 4.39 Å². The highest BCUT2D eigenvalue weighted by Crippen LogP contribution is 2.28. The number of rotatable bonds is 2. The van der Waals surface area contributed by atoms with E-state index in [4.69, 9.17) is 10.00 Å². The van der Waals surface area contributed by atoms with Crippen molar-refractivity contribution >= 4 is 5.57 Å². The number of hydrogen-bond acceptors (Lipinski definition) is 2. The van der Waals surface area contributed by atoms with Gasteiger partial charge in [-0.25, -0.2) is 4.39 Å². The van der Waals surface area contributed by atoms with E-state index in [2.05, 4.69) is 6.07 Å². The molecule has 0 atom stereocenters. The Kier molecular flexibility index (Phi) is 3.46. The Balaban J connectivity index is 3.33. The Morgan fingerprint density at radius 3 is 2.60 bits per heavy atom. The number of methoxy groups -OCH3 is 1. The minimum absolute atomic E-state index is 0.349. The lowest BCUT2D eigenvalue weighted by Crippen LogP contribution is -1.92. The quantitative estimate of drug-likeness (QED) is 0.695. The summed E-state index contributed by atoms with van der Waals surface area (Å²) in [5, 5.41) is 8.76. The van der Waals surface area contributed by atoms with Gasteiger partial charge >= 0.3 is 0 Å². The lowest BCUT2D eigenvalue weighted by molar-refractivity contribution is 0.410. The summed E-state index contributed by atoms with van der Waals surface area (Å²) in [6, 6.07) is 6.34. The van der Waals surface area contributed by atoms with Gasteiger partial charge in [-0.15, -0.1) is 0 Å². The van der Waals surface area contributed by atoms with E-state index in [1.165, 1.54) is 19.2 Å². The van der Waals surface area contributed by atoms with Crippen molar-refractivity contribution in [2.45, 2.75) is 13.8 Å². The lowest BCUT2D eigenvalue weighted by atomic mass is 10.0. The molecule has 0 spiro atoms. The molecule has 1 rings (SSSR count). The number of halogens is 1. The fraction of sp³-hybridized carbons (Fsp3) is 0.250. The summed E-state index contributed by atoms with van der Waals surface area (Å²) >= 11 is 0. The van der Waals surface area contributed by atoms with E-state index in [0.29, 0.717) is 11.3 Å². The molecule has 1 aromatic rings. The van der Waals surface area contributed by atoms with Crippen LogP contribution in [0.25, 0.3) is 5.57 Å². The number of nitrogens with zero attached hydrogens (tertiary/aromatic N) is 1. The highest BCUT2D eigenvalue weighted by atomic mass is 19.1. The van der Waals surface area contributed by atoms with E-state index in [0.717, 1.165) is 11.1 Å². The Hall–Kier alpha value is -1.82. The first-order valence-corrected chi connectivity index (χ1v) is 4.51. The van der Waals surface area contributed by atoms with Gasteiger partial charge in [-0.3, -0.25) is 0 Å². The summed E-state index contributed by atoms with van der Waals surface area (Å²) in [6.07, 6.45) is 0. The minimum atomic E-state index is -0.349. The average molecular weight is 205 g/mol. The van der Waals surface area contributed by atoms with Crippen LogP contribution < -0.4 is 4.74 Å². The van der Waals surface area contributed by atoms with E-state index < -0.39 is 0 Å². The monoisotopic (exact) mass is 205 g/mol. The van der Waals surface area contributed by atoms with Gasteiger partial charge in [-0.05, 0) is 31.6 Å². The summed E-state index contributed by atoms with van der Waals surface area (Å²) < 4.78 is 18.0. The maximum absolute atomic E-state index is 12.9. The zero-order chi connectivity index (χ0) is 11.4. The van der Waals surface area contributed by atoms with E-state index in [-0.39, 0.29) is 5.82 Å². The predicted octanol–water partition coefficient (Wildman–Crippen LogP) is 3.15. The number of hydrogen-bond donors (Lipinski definition) is 0. The minimum Gasteiger partial charge on any atom is -0.496 e. The molecule has 2 nitrogen and oxygen atoms in total. The van der Waals surface area contributed by atoms with Crippen molar-refractivity contribution in [3.63, 3.8) is 0 Å². The Bertz CT molecular complexity index is 443. The smallest absolute Gasteiger partial charge is 0.129 e. The summed E-state index contributed by atoms with van der Waals surface area (Å²) in [6.45, 7) is 3.53. The first kappa shape index (κ1) is 11.3. The largest absolute Gasteiger partial charge is 0.496 e. The number of nitriles is 1. The molecule has 0 aliphatic carbocycles. The van der Waals surface area contributed by atoms with E-state index in [1.807, 2.05) is 6.92 Å². The SMILES string of the molecule is COc1cc(F)ccc1/C(C)=C(\C)C#N. The van der Waals surface area contributed by atoms with Crippen LogP contribution in [0.1, 0.15) is 19.4 Å². The van der Waals surface area contributed by atoms with Gasteiger partial charge in [0, 0.05) is 17.2 Å². The maximum atomic E-state index is 12.9. The van der Waals surface area contributed by atoms with Crippen LogP contribution in [0.5, 0.6) is 5.75 Å². The molecule has 0 aromatic heterocycles. The van der Waals surface area contributed by atoms with Crippen LogP contribution in [0.2, 0.25) is 0 Å². The van der Waals surface area contributed by atoms with Crippen LogP contribution in [-0.2, 0) is 0 Å². The van der Waals surface area contributed by atoms with Gasteiger partial charge < -0.3 is 4.74 Å². The molecule has 15 heavy (non-hydrogen) atoms. The van der Waals surface area contributed by atoms with Gasteiger partial charge in [0.05, 0.1) is 13.2 Å². The summed E-state index contributed by atoms with van der Waals surface area (Å²) in [4.78, 5) is 0. The van der Waals surface area contributed by atoms with Crippen molar-refractivity contribution in [2.24, 2.45) is 0 Å². The van der Waals surface area contributed by atoms with Crippen LogP contribution in [0, 0.1) is 17.1 Å². The molecule has 0 heterocycles. The molecule has 0 saturated carbocycles. The first-order chi connectivity index (χ1) is 7.10. The Morgan fingerprint density at radius 1 is 1.40 bits per heavy atom. The van der Waals surface area contributed by atoms with Crippen LogP contribution in [0.4, 0.5) is 4.39 Å². The molecule has 3 heteroatoms. The molecule has 0 saturated heterocycles. The second-order valence-electron chi connectivity index (χ2n) is 3.21. The molecular formula is C12H12FNO. The van der Waals surface area contributed by atoms with Crippen LogP contribution in [0.3, 0.4) is 0 Å². The lowest BCUT2D eigenvalue weighted by Gasteiger charge is -2.09. The summed E-state index contributed by atoms with van der Waals surface area (Å²) in [5.74, 6) is 0.0973. The zero-order valence-corrected chi connectivity index (χ0v) is 8.97. The summed E-state index contributed by atoms with van der Waals surface area (Å²) in [7, 11) is 1.48. The number of allylic oxidation sites excluding steroid dienone is 2. The molecule has 0 radical (unpaired) electrons. The van der Waals surface area contributed by atoms with Gasteiger partial charge in [0.25, 0.3) is 0 Å². The van der Waals surface area contributed by atoms with Gasteiger partial charge in [-0.2, -0.15) is 5.26 Å². The van der Waals surface area contributed by atoms with Gasteiger partial charge in [0.15, 0.2) is 0 Å². The number of ether oxygens (including phenoxy) is 1. The van der Waals surface area contributed by atoms with Crippen molar-refractivity contribution < 1.29 is 9.13 Å². The van der Waals surface area contributed by atoms with Crippen molar-refractivity contribution in [2.75, 3.05) is 7.11 Å². The topological polar surface area (TPSA) is 33.0 Å². The Morgan fingerprint density at radius 2 is 2.07 bits per heavy atom. The second-order valence-corrected chi connectivity index (χ2v) is 3.21. The molecule has 1 aromatic carbocycles. The molecular weight excluding hydrogens is 193 g/mol. The molecule has 0 amide bonds. The molecule has 0 bridgehead atoms. The molecule has 0 aliphatic rings. The maximum Gasteiger partial charge on any atom is 0.129 e. The van der Waals surface area contributed by atoms with Crippen LogP contribution >= 0.6 is 0 Å². The van der Waals surface area contributed by atoms with Crippen molar-refractivity contribution in [1.29, 1.82) is 5.26 Å². The third-order valence-electron chi connectivity index (χ3n) is 2.30. The van der Waals surface area contributed by atoms with Crippen molar-refractivity contribution in [3.8, 4) is 11.8 Å².